The fraction of sp³-hybridized carbons (Fsp3) is 0.360. The highest BCUT2D eigenvalue weighted by Crippen LogP contribution is 2.31. The van der Waals surface area contributed by atoms with Crippen LogP contribution in [-0.2, 0) is 4.79 Å². The van der Waals surface area contributed by atoms with Crippen molar-refractivity contribution in [2.45, 2.75) is 38.6 Å². The summed E-state index contributed by atoms with van der Waals surface area (Å²) in [7, 11) is 0. The van der Waals surface area contributed by atoms with E-state index in [9.17, 15) is 14.4 Å². The number of rotatable bonds is 4. The van der Waals surface area contributed by atoms with E-state index in [0.717, 1.165) is 29.7 Å². The number of carbonyl (C=O) groups excluding carboxylic acids is 3. The zero-order valence-corrected chi connectivity index (χ0v) is 18.2. The van der Waals surface area contributed by atoms with Gasteiger partial charge >= 0.3 is 0 Å². The summed E-state index contributed by atoms with van der Waals surface area (Å²) < 4.78 is 0. The molecule has 1 saturated heterocycles. The Kier molecular flexibility index (Phi) is 5.04. The van der Waals surface area contributed by atoms with E-state index < -0.39 is 6.04 Å². The standard InChI is InChI=1S/C25H26N4O3/c1-15(2)21(29-23(30)17-7-3-4-8-18(17)24(29)31)25(32)28-13-11-16(12-14-28)22-26-19-9-5-6-10-20(19)27-22/h3-10,15-16,21H,11-14H2,1-2H3,(H,26,27). The average molecular weight is 431 g/mol. The number of imidazole rings is 1. The highest BCUT2D eigenvalue weighted by molar-refractivity contribution is 6.22. The molecule has 2 aliphatic rings. The smallest absolute Gasteiger partial charge is 0.262 e. The first kappa shape index (κ1) is 20.4. The van der Waals surface area contributed by atoms with Crippen LogP contribution in [0.15, 0.2) is 48.5 Å². The van der Waals surface area contributed by atoms with Gasteiger partial charge in [0.15, 0.2) is 0 Å². The van der Waals surface area contributed by atoms with Gasteiger partial charge in [0.05, 0.1) is 22.2 Å². The van der Waals surface area contributed by atoms with E-state index >= 15 is 0 Å². The molecule has 1 fully saturated rings. The Morgan fingerprint density at radius 2 is 1.56 bits per heavy atom. The number of aromatic nitrogens is 2. The van der Waals surface area contributed by atoms with Gasteiger partial charge in [-0.25, -0.2) is 4.98 Å². The summed E-state index contributed by atoms with van der Waals surface area (Å²) in [5.74, 6) is 0.113. The number of amides is 3. The first-order valence-corrected chi connectivity index (χ1v) is 11.2. The Morgan fingerprint density at radius 1 is 0.969 bits per heavy atom. The summed E-state index contributed by atoms with van der Waals surface area (Å²) in [5.41, 5.74) is 2.72. The lowest BCUT2D eigenvalue weighted by molar-refractivity contribution is -0.138. The van der Waals surface area contributed by atoms with Gasteiger partial charge in [-0.1, -0.05) is 38.1 Å². The van der Waals surface area contributed by atoms with Crippen LogP contribution in [0.25, 0.3) is 11.0 Å². The number of piperidine rings is 1. The molecule has 3 amide bonds. The molecule has 2 aromatic carbocycles. The quantitative estimate of drug-likeness (QED) is 0.641. The lowest BCUT2D eigenvalue weighted by Gasteiger charge is -2.37. The van der Waals surface area contributed by atoms with Crippen LogP contribution in [0.3, 0.4) is 0 Å². The molecule has 0 saturated carbocycles. The molecule has 1 unspecified atom stereocenters. The van der Waals surface area contributed by atoms with Crippen molar-refractivity contribution in [1.29, 1.82) is 0 Å². The zero-order chi connectivity index (χ0) is 22.4. The van der Waals surface area contributed by atoms with Gasteiger partial charge in [-0.2, -0.15) is 0 Å². The Bertz CT molecular complexity index is 1140. The van der Waals surface area contributed by atoms with Gasteiger partial charge in [-0.05, 0) is 43.0 Å². The van der Waals surface area contributed by atoms with Crippen LogP contribution in [-0.4, -0.2) is 56.6 Å². The van der Waals surface area contributed by atoms with Crippen LogP contribution in [0.5, 0.6) is 0 Å². The minimum absolute atomic E-state index is 0.155. The first-order chi connectivity index (χ1) is 15.5. The van der Waals surface area contributed by atoms with Crippen molar-refractivity contribution >= 4 is 28.8 Å². The molecule has 1 aromatic heterocycles. The lowest BCUT2D eigenvalue weighted by Crippen LogP contribution is -2.54. The maximum atomic E-state index is 13.5. The van der Waals surface area contributed by atoms with Gasteiger partial charge in [0.2, 0.25) is 5.91 Å². The number of imide groups is 1. The molecule has 2 aliphatic heterocycles. The Morgan fingerprint density at radius 3 is 2.16 bits per heavy atom. The molecule has 3 heterocycles. The van der Waals surface area contributed by atoms with Crippen LogP contribution >= 0.6 is 0 Å². The second kappa shape index (κ2) is 7.89. The van der Waals surface area contributed by atoms with Crippen LogP contribution in [0.4, 0.5) is 0 Å². The second-order valence-electron chi connectivity index (χ2n) is 8.95. The number of nitrogens with zero attached hydrogens (tertiary/aromatic N) is 3. The van der Waals surface area contributed by atoms with Crippen molar-refractivity contribution in [3.05, 3.63) is 65.5 Å². The van der Waals surface area contributed by atoms with E-state index in [0.29, 0.717) is 24.2 Å². The van der Waals surface area contributed by atoms with Crippen LogP contribution in [0.2, 0.25) is 0 Å². The van der Waals surface area contributed by atoms with Gasteiger partial charge in [0, 0.05) is 19.0 Å². The van der Waals surface area contributed by atoms with Gasteiger partial charge in [-0.3, -0.25) is 19.3 Å². The Balaban J connectivity index is 1.32. The number of nitrogens with one attached hydrogen (secondary N) is 1. The van der Waals surface area contributed by atoms with Gasteiger partial charge in [0.25, 0.3) is 11.8 Å². The van der Waals surface area contributed by atoms with Crippen LogP contribution in [0.1, 0.15) is 59.1 Å². The van der Waals surface area contributed by atoms with E-state index in [1.54, 1.807) is 29.2 Å². The summed E-state index contributed by atoms with van der Waals surface area (Å²) in [5, 5.41) is 0. The van der Waals surface area contributed by atoms with Crippen LogP contribution in [0, 0.1) is 5.92 Å². The van der Waals surface area contributed by atoms with E-state index in [4.69, 9.17) is 4.98 Å². The van der Waals surface area contributed by atoms with E-state index in [1.807, 2.05) is 38.1 Å². The van der Waals surface area contributed by atoms with E-state index in [2.05, 4.69) is 4.98 Å². The highest BCUT2D eigenvalue weighted by Gasteiger charge is 2.45. The molecule has 1 atom stereocenters. The molecular weight excluding hydrogens is 404 g/mol. The monoisotopic (exact) mass is 430 g/mol. The average Bonchev–Trinajstić information content (AvgIpc) is 3.35. The summed E-state index contributed by atoms with van der Waals surface area (Å²) in [6.07, 6.45) is 1.58. The normalized spacial score (nSPS) is 18.0. The molecule has 7 heteroatoms. The van der Waals surface area contributed by atoms with E-state index in [1.165, 1.54) is 4.90 Å². The maximum absolute atomic E-state index is 13.5. The van der Waals surface area contributed by atoms with Gasteiger partial charge in [0.1, 0.15) is 11.9 Å². The van der Waals surface area contributed by atoms with Gasteiger partial charge in [-0.15, -0.1) is 0 Å². The molecular formula is C25H26N4O3. The number of fused-ring (bicyclic) bond motifs is 2. The van der Waals surface area contributed by atoms with Crippen molar-refractivity contribution in [3.8, 4) is 0 Å². The van der Waals surface area contributed by atoms with Crippen molar-refractivity contribution < 1.29 is 14.4 Å². The Hall–Kier alpha value is -3.48. The minimum Gasteiger partial charge on any atom is -0.342 e. The van der Waals surface area contributed by atoms with Crippen molar-refractivity contribution in [1.82, 2.24) is 19.8 Å². The summed E-state index contributed by atoms with van der Waals surface area (Å²) in [6, 6.07) is 13.9. The number of para-hydroxylation sites is 2. The van der Waals surface area contributed by atoms with Crippen molar-refractivity contribution in [3.63, 3.8) is 0 Å². The number of H-pyrrole nitrogens is 1. The third-order valence-electron chi connectivity index (χ3n) is 6.59. The minimum atomic E-state index is -0.801. The number of hydrogen-bond donors (Lipinski definition) is 1. The molecule has 164 valence electrons. The molecule has 0 radical (unpaired) electrons. The molecule has 32 heavy (non-hydrogen) atoms. The van der Waals surface area contributed by atoms with Gasteiger partial charge < -0.3 is 9.88 Å². The molecule has 1 N–H and O–H groups in total. The summed E-state index contributed by atoms with van der Waals surface area (Å²) in [6.45, 7) is 4.92. The van der Waals surface area contributed by atoms with Crippen molar-refractivity contribution in [2.75, 3.05) is 13.1 Å². The lowest BCUT2D eigenvalue weighted by atomic mass is 9.94. The summed E-state index contributed by atoms with van der Waals surface area (Å²) >= 11 is 0. The molecule has 0 aliphatic carbocycles. The number of aromatic amines is 1. The zero-order valence-electron chi connectivity index (χ0n) is 18.2. The SMILES string of the molecule is CC(C)C(C(=O)N1CCC(c2nc3ccccc3[nH]2)CC1)N1C(=O)c2ccccc2C1=O. The van der Waals surface area contributed by atoms with Crippen molar-refractivity contribution in [2.24, 2.45) is 5.92 Å². The molecule has 7 nitrogen and oxygen atoms in total. The molecule has 5 rings (SSSR count). The predicted octanol–water partition coefficient (Wildman–Crippen LogP) is 3.59. The number of likely N-dealkylation sites (tertiary alicyclic amines) is 1. The number of benzene rings is 2. The third kappa shape index (κ3) is 3.28. The maximum Gasteiger partial charge on any atom is 0.262 e. The fourth-order valence-corrected chi connectivity index (χ4v) is 4.88. The Labute approximate surface area is 186 Å². The topological polar surface area (TPSA) is 86.4 Å². The van der Waals surface area contributed by atoms with E-state index in [-0.39, 0.29) is 29.6 Å². The first-order valence-electron chi connectivity index (χ1n) is 11.2. The predicted molar refractivity (Wildman–Crippen MR) is 120 cm³/mol. The number of carbonyl (C=O) groups is 3. The largest absolute Gasteiger partial charge is 0.342 e. The third-order valence-corrected chi connectivity index (χ3v) is 6.59. The number of hydrogen-bond acceptors (Lipinski definition) is 4. The molecule has 0 spiro atoms. The van der Waals surface area contributed by atoms with Crippen LogP contribution < -0.4 is 0 Å². The molecule has 0 bridgehead atoms. The molecule has 3 aromatic rings. The summed E-state index contributed by atoms with van der Waals surface area (Å²) in [4.78, 5) is 50.6. The second-order valence-corrected chi connectivity index (χ2v) is 8.95. The highest BCUT2D eigenvalue weighted by atomic mass is 16.2. The fourth-order valence-electron chi connectivity index (χ4n) is 4.88.